The molecule has 0 aromatic heterocycles. The predicted molar refractivity (Wildman–Crippen MR) is 79.3 cm³/mol. The Labute approximate surface area is 124 Å². The van der Waals surface area contributed by atoms with Crippen LogP contribution in [0.4, 0.5) is 0 Å². The summed E-state index contributed by atoms with van der Waals surface area (Å²) in [7, 11) is 0. The number of hydrogen-bond acceptors (Lipinski definition) is 4. The number of nitrogens with two attached hydrogens (primary N) is 1. The second kappa shape index (κ2) is 5.93. The molecular weight excluding hydrogens is 268 g/mol. The van der Waals surface area contributed by atoms with Crippen molar-refractivity contribution in [2.45, 2.75) is 44.2 Å². The molecule has 1 aromatic carbocycles. The number of carbonyl (C=O) groups excluding carboxylic acids is 1. The Morgan fingerprint density at radius 3 is 2.67 bits per heavy atom. The van der Waals surface area contributed by atoms with Gasteiger partial charge < -0.3 is 20.5 Å². The highest BCUT2D eigenvalue weighted by molar-refractivity contribution is 5.77. The van der Waals surface area contributed by atoms with Crippen LogP contribution in [0.15, 0.2) is 18.2 Å². The van der Waals surface area contributed by atoms with Crippen molar-refractivity contribution >= 4 is 5.91 Å². The summed E-state index contributed by atoms with van der Waals surface area (Å²) in [5.74, 6) is 1.54. The van der Waals surface area contributed by atoms with Crippen molar-refractivity contribution in [3.63, 3.8) is 0 Å². The van der Waals surface area contributed by atoms with Gasteiger partial charge in [-0.1, -0.05) is 18.9 Å². The lowest BCUT2D eigenvalue weighted by atomic mass is 9.94. The highest BCUT2D eigenvalue weighted by atomic mass is 16.6. The van der Waals surface area contributed by atoms with Crippen LogP contribution in [0.2, 0.25) is 0 Å². The van der Waals surface area contributed by atoms with Crippen LogP contribution < -0.4 is 20.5 Å². The first-order valence-electron chi connectivity index (χ1n) is 7.59. The van der Waals surface area contributed by atoms with Crippen molar-refractivity contribution in [1.82, 2.24) is 5.32 Å². The number of nitrogens with one attached hydrogen (secondary N) is 1. The van der Waals surface area contributed by atoms with Crippen LogP contribution in [0.25, 0.3) is 0 Å². The largest absolute Gasteiger partial charge is 0.486 e. The molecule has 0 saturated heterocycles. The quantitative estimate of drug-likeness (QED) is 0.886. The third kappa shape index (κ3) is 3.47. The fourth-order valence-electron chi connectivity index (χ4n) is 3.04. The minimum absolute atomic E-state index is 0.0225. The Bertz CT molecular complexity index is 524. The zero-order chi connectivity index (χ0) is 14.7. The normalized spacial score (nSPS) is 19.3. The molecule has 21 heavy (non-hydrogen) atoms. The van der Waals surface area contributed by atoms with Crippen molar-refractivity contribution in [3.8, 4) is 11.5 Å². The van der Waals surface area contributed by atoms with Gasteiger partial charge in [0.2, 0.25) is 5.91 Å². The van der Waals surface area contributed by atoms with E-state index in [9.17, 15) is 4.79 Å². The monoisotopic (exact) mass is 290 g/mol. The number of fused-ring (bicyclic) bond motifs is 1. The second-order valence-electron chi connectivity index (χ2n) is 6.00. The zero-order valence-electron chi connectivity index (χ0n) is 12.2. The van der Waals surface area contributed by atoms with Crippen LogP contribution >= 0.6 is 0 Å². The third-order valence-corrected chi connectivity index (χ3v) is 4.21. The van der Waals surface area contributed by atoms with Crippen LogP contribution in [0.3, 0.4) is 0 Å². The van der Waals surface area contributed by atoms with Crippen molar-refractivity contribution in [1.29, 1.82) is 0 Å². The van der Waals surface area contributed by atoms with Gasteiger partial charge in [0.1, 0.15) is 13.2 Å². The highest BCUT2D eigenvalue weighted by Gasteiger charge is 2.31. The maximum Gasteiger partial charge on any atom is 0.222 e. The lowest BCUT2D eigenvalue weighted by Gasteiger charge is -2.22. The van der Waals surface area contributed by atoms with Crippen molar-refractivity contribution in [2.24, 2.45) is 5.73 Å². The molecule has 114 valence electrons. The molecule has 1 aliphatic heterocycles. The minimum atomic E-state index is -0.295. The Balaban J connectivity index is 1.53. The summed E-state index contributed by atoms with van der Waals surface area (Å²) in [6.45, 7) is 1.64. The number of amides is 1. The molecule has 1 aliphatic carbocycles. The maximum atomic E-state index is 12.0. The summed E-state index contributed by atoms with van der Waals surface area (Å²) in [6, 6.07) is 5.75. The number of benzene rings is 1. The Hall–Kier alpha value is -1.75. The molecule has 1 fully saturated rings. The van der Waals surface area contributed by atoms with Gasteiger partial charge in [-0.25, -0.2) is 0 Å². The molecule has 0 bridgehead atoms. The molecule has 0 radical (unpaired) electrons. The van der Waals surface area contributed by atoms with Crippen LogP contribution in [0.5, 0.6) is 11.5 Å². The molecule has 1 aromatic rings. The summed E-state index contributed by atoms with van der Waals surface area (Å²) in [4.78, 5) is 12.0. The van der Waals surface area contributed by atoms with E-state index in [0.717, 1.165) is 42.7 Å². The average molecular weight is 290 g/mol. The lowest BCUT2D eigenvalue weighted by Crippen LogP contribution is -2.42. The fourth-order valence-corrected chi connectivity index (χ4v) is 3.04. The van der Waals surface area contributed by atoms with Gasteiger partial charge in [0, 0.05) is 18.5 Å². The van der Waals surface area contributed by atoms with E-state index in [1.54, 1.807) is 0 Å². The van der Waals surface area contributed by atoms with Gasteiger partial charge in [0.15, 0.2) is 11.5 Å². The van der Waals surface area contributed by atoms with E-state index in [1.165, 1.54) is 0 Å². The molecular formula is C16H22N2O3. The Kier molecular flexibility index (Phi) is 4.01. The van der Waals surface area contributed by atoms with Crippen molar-refractivity contribution < 1.29 is 14.3 Å². The molecule has 1 amide bonds. The highest BCUT2D eigenvalue weighted by Crippen LogP contribution is 2.31. The molecule has 1 saturated carbocycles. The Morgan fingerprint density at radius 2 is 1.90 bits per heavy atom. The van der Waals surface area contributed by atoms with E-state index in [1.807, 2.05) is 18.2 Å². The molecule has 1 heterocycles. The molecule has 5 heteroatoms. The Morgan fingerprint density at radius 1 is 1.19 bits per heavy atom. The summed E-state index contributed by atoms with van der Waals surface area (Å²) >= 11 is 0. The van der Waals surface area contributed by atoms with Gasteiger partial charge in [-0.3, -0.25) is 4.79 Å². The minimum Gasteiger partial charge on any atom is -0.486 e. The van der Waals surface area contributed by atoms with Gasteiger partial charge in [-0.15, -0.1) is 0 Å². The average Bonchev–Trinajstić information content (AvgIpc) is 2.91. The first-order chi connectivity index (χ1) is 10.1. The molecule has 0 unspecified atom stereocenters. The van der Waals surface area contributed by atoms with E-state index in [-0.39, 0.29) is 11.4 Å². The molecule has 2 aliphatic rings. The summed E-state index contributed by atoms with van der Waals surface area (Å²) in [5.41, 5.74) is 6.93. The fraction of sp³-hybridized carbons (Fsp3) is 0.562. The standard InChI is InChI=1S/C16H22N2O3/c17-16(5-1-2-6-16)10-15(19)18-11-12-3-4-13-14(9-12)21-8-7-20-13/h3-4,9H,1-2,5-8,10-11,17H2,(H,18,19). The first-order valence-corrected chi connectivity index (χ1v) is 7.59. The van der Waals surface area contributed by atoms with Gasteiger partial charge in [-0.2, -0.15) is 0 Å². The summed E-state index contributed by atoms with van der Waals surface area (Å²) < 4.78 is 11.0. The van der Waals surface area contributed by atoms with Gasteiger partial charge in [-0.05, 0) is 30.5 Å². The van der Waals surface area contributed by atoms with E-state index in [2.05, 4.69) is 5.32 Å². The lowest BCUT2D eigenvalue weighted by molar-refractivity contribution is -0.122. The number of carbonyl (C=O) groups is 1. The van der Waals surface area contributed by atoms with Crippen LogP contribution in [-0.4, -0.2) is 24.7 Å². The van der Waals surface area contributed by atoms with E-state index < -0.39 is 0 Å². The number of rotatable bonds is 4. The SMILES string of the molecule is NC1(CC(=O)NCc2ccc3c(c2)OCCO3)CCCC1. The summed E-state index contributed by atoms with van der Waals surface area (Å²) in [6.07, 6.45) is 4.57. The zero-order valence-corrected chi connectivity index (χ0v) is 12.2. The van der Waals surface area contributed by atoms with E-state index in [4.69, 9.17) is 15.2 Å². The molecule has 3 N–H and O–H groups in total. The van der Waals surface area contributed by atoms with Crippen molar-refractivity contribution in [2.75, 3.05) is 13.2 Å². The van der Waals surface area contributed by atoms with Crippen LogP contribution in [0, 0.1) is 0 Å². The van der Waals surface area contributed by atoms with Gasteiger partial charge in [0.05, 0.1) is 0 Å². The smallest absolute Gasteiger partial charge is 0.222 e. The van der Waals surface area contributed by atoms with E-state index in [0.29, 0.717) is 26.2 Å². The second-order valence-corrected chi connectivity index (χ2v) is 6.00. The molecule has 0 spiro atoms. The topological polar surface area (TPSA) is 73.6 Å². The molecule has 5 nitrogen and oxygen atoms in total. The maximum absolute atomic E-state index is 12.0. The van der Waals surface area contributed by atoms with Crippen molar-refractivity contribution in [3.05, 3.63) is 23.8 Å². The van der Waals surface area contributed by atoms with Gasteiger partial charge in [0.25, 0.3) is 0 Å². The van der Waals surface area contributed by atoms with Crippen LogP contribution in [0.1, 0.15) is 37.7 Å². The molecule has 0 atom stereocenters. The first kappa shape index (κ1) is 14.2. The predicted octanol–water partition coefficient (Wildman–Crippen LogP) is 1.74. The van der Waals surface area contributed by atoms with E-state index >= 15 is 0 Å². The number of hydrogen-bond donors (Lipinski definition) is 2. The van der Waals surface area contributed by atoms with Gasteiger partial charge >= 0.3 is 0 Å². The summed E-state index contributed by atoms with van der Waals surface area (Å²) in [5, 5.41) is 2.94. The molecule has 3 rings (SSSR count). The van der Waals surface area contributed by atoms with Crippen LogP contribution in [-0.2, 0) is 11.3 Å². The number of ether oxygens (including phenoxy) is 2. The third-order valence-electron chi connectivity index (χ3n) is 4.21.